The number of hydrogen-bond acceptors (Lipinski definition) is 4. The summed E-state index contributed by atoms with van der Waals surface area (Å²) in [6.07, 6.45) is 0. The maximum Gasteiger partial charge on any atom is 0.157 e. The van der Waals surface area contributed by atoms with Gasteiger partial charge in [0.15, 0.2) is 11.5 Å². The molecule has 4 nitrogen and oxygen atoms in total. The summed E-state index contributed by atoms with van der Waals surface area (Å²) < 4.78 is 0. The Hall–Kier alpha value is -1.26. The Morgan fingerprint density at radius 2 is 2.00 bits per heavy atom. The van der Waals surface area contributed by atoms with Gasteiger partial charge in [-0.15, -0.1) is 0 Å². The third-order valence-electron chi connectivity index (χ3n) is 2.24. The number of nitrogens with zero attached hydrogens (tertiary/aromatic N) is 1. The third kappa shape index (κ3) is 3.77. The molecular weight excluding hydrogens is 192 g/mol. The minimum absolute atomic E-state index is 0.0606. The SMILES string of the molecule is CNCCN(C)Cc1ccc(O)c(O)c1. The van der Waals surface area contributed by atoms with E-state index >= 15 is 0 Å². The van der Waals surface area contributed by atoms with Gasteiger partial charge in [0.05, 0.1) is 0 Å². The normalized spacial score (nSPS) is 10.9. The number of benzene rings is 1. The van der Waals surface area contributed by atoms with Crippen molar-refractivity contribution >= 4 is 0 Å². The summed E-state index contributed by atoms with van der Waals surface area (Å²) in [5.74, 6) is -0.133. The van der Waals surface area contributed by atoms with Crippen LogP contribution in [0.25, 0.3) is 0 Å². The van der Waals surface area contributed by atoms with Crippen LogP contribution in [0.4, 0.5) is 0 Å². The number of likely N-dealkylation sites (N-methyl/N-ethyl adjacent to an activating group) is 2. The molecule has 0 saturated heterocycles. The van der Waals surface area contributed by atoms with Gasteiger partial charge in [0.2, 0.25) is 0 Å². The minimum Gasteiger partial charge on any atom is -0.504 e. The molecule has 3 N–H and O–H groups in total. The third-order valence-corrected chi connectivity index (χ3v) is 2.24. The minimum atomic E-state index is -0.0726. The largest absolute Gasteiger partial charge is 0.504 e. The van der Waals surface area contributed by atoms with Gasteiger partial charge in [-0.05, 0) is 31.8 Å². The predicted molar refractivity (Wildman–Crippen MR) is 60.0 cm³/mol. The second kappa shape index (κ2) is 5.58. The highest BCUT2D eigenvalue weighted by Gasteiger charge is 2.03. The molecule has 15 heavy (non-hydrogen) atoms. The summed E-state index contributed by atoms with van der Waals surface area (Å²) in [6, 6.07) is 4.91. The van der Waals surface area contributed by atoms with E-state index in [0.717, 1.165) is 25.2 Å². The topological polar surface area (TPSA) is 55.7 Å². The summed E-state index contributed by atoms with van der Waals surface area (Å²) in [7, 11) is 3.93. The van der Waals surface area contributed by atoms with E-state index in [1.807, 2.05) is 20.2 Å². The van der Waals surface area contributed by atoms with Crippen molar-refractivity contribution in [2.45, 2.75) is 6.54 Å². The van der Waals surface area contributed by atoms with Gasteiger partial charge in [0, 0.05) is 19.6 Å². The maximum absolute atomic E-state index is 9.31. The average Bonchev–Trinajstić information content (AvgIpc) is 2.20. The molecule has 0 aliphatic heterocycles. The molecule has 0 amide bonds. The lowest BCUT2D eigenvalue weighted by molar-refractivity contribution is 0.326. The number of phenols is 2. The van der Waals surface area contributed by atoms with E-state index in [0.29, 0.717) is 0 Å². The molecule has 0 atom stereocenters. The monoisotopic (exact) mass is 210 g/mol. The highest BCUT2D eigenvalue weighted by atomic mass is 16.3. The van der Waals surface area contributed by atoms with E-state index in [2.05, 4.69) is 10.2 Å². The molecule has 0 aromatic heterocycles. The first-order chi connectivity index (χ1) is 7.13. The van der Waals surface area contributed by atoms with Gasteiger partial charge >= 0.3 is 0 Å². The van der Waals surface area contributed by atoms with Gasteiger partial charge < -0.3 is 20.4 Å². The molecule has 0 heterocycles. The first-order valence-corrected chi connectivity index (χ1v) is 4.97. The van der Waals surface area contributed by atoms with Crippen molar-refractivity contribution in [3.05, 3.63) is 23.8 Å². The highest BCUT2D eigenvalue weighted by Crippen LogP contribution is 2.25. The molecular formula is C11H18N2O2. The van der Waals surface area contributed by atoms with Crippen molar-refractivity contribution in [2.24, 2.45) is 0 Å². The van der Waals surface area contributed by atoms with Crippen LogP contribution < -0.4 is 5.32 Å². The fraction of sp³-hybridized carbons (Fsp3) is 0.455. The molecule has 84 valence electrons. The number of nitrogens with one attached hydrogen (secondary N) is 1. The number of aromatic hydroxyl groups is 2. The lowest BCUT2D eigenvalue weighted by atomic mass is 10.2. The van der Waals surface area contributed by atoms with E-state index in [-0.39, 0.29) is 11.5 Å². The average molecular weight is 210 g/mol. The highest BCUT2D eigenvalue weighted by molar-refractivity contribution is 5.40. The van der Waals surface area contributed by atoms with Crippen molar-refractivity contribution in [1.82, 2.24) is 10.2 Å². The van der Waals surface area contributed by atoms with Gasteiger partial charge in [0.1, 0.15) is 0 Å². The molecule has 1 aromatic rings. The Labute approximate surface area is 90.2 Å². The Balaban J connectivity index is 2.53. The van der Waals surface area contributed by atoms with E-state index in [1.54, 1.807) is 6.07 Å². The second-order valence-corrected chi connectivity index (χ2v) is 3.66. The number of phenolic OH excluding ortho intramolecular Hbond substituents is 2. The van der Waals surface area contributed by atoms with Crippen LogP contribution in [0.2, 0.25) is 0 Å². The molecule has 0 bridgehead atoms. The molecule has 0 aliphatic carbocycles. The van der Waals surface area contributed by atoms with Crippen LogP contribution in [0.15, 0.2) is 18.2 Å². The van der Waals surface area contributed by atoms with Crippen molar-refractivity contribution in [2.75, 3.05) is 27.2 Å². The first-order valence-electron chi connectivity index (χ1n) is 4.97. The fourth-order valence-corrected chi connectivity index (χ4v) is 1.36. The molecule has 0 spiro atoms. The van der Waals surface area contributed by atoms with Crippen LogP contribution in [-0.4, -0.2) is 42.3 Å². The summed E-state index contributed by atoms with van der Waals surface area (Å²) in [6.45, 7) is 2.63. The summed E-state index contributed by atoms with van der Waals surface area (Å²) >= 11 is 0. The lowest BCUT2D eigenvalue weighted by Gasteiger charge is -2.16. The second-order valence-electron chi connectivity index (χ2n) is 3.66. The summed E-state index contributed by atoms with van der Waals surface area (Å²) in [5, 5.41) is 21.5. The molecule has 4 heteroatoms. The fourth-order valence-electron chi connectivity index (χ4n) is 1.36. The molecule has 0 unspecified atom stereocenters. The standard InChI is InChI=1S/C11H18N2O2/c1-12-5-6-13(2)8-9-3-4-10(14)11(15)7-9/h3-4,7,12,14-15H,5-6,8H2,1-2H3. The number of rotatable bonds is 5. The summed E-state index contributed by atoms with van der Waals surface area (Å²) in [5.41, 5.74) is 0.990. The lowest BCUT2D eigenvalue weighted by Crippen LogP contribution is -2.26. The van der Waals surface area contributed by atoms with Crippen LogP contribution in [0.3, 0.4) is 0 Å². The molecule has 0 saturated carbocycles. The smallest absolute Gasteiger partial charge is 0.157 e. The van der Waals surface area contributed by atoms with Crippen LogP contribution in [0.5, 0.6) is 11.5 Å². The zero-order chi connectivity index (χ0) is 11.3. The van der Waals surface area contributed by atoms with E-state index in [4.69, 9.17) is 5.11 Å². The molecule has 0 fully saturated rings. The maximum atomic E-state index is 9.31. The first kappa shape index (κ1) is 11.8. The van der Waals surface area contributed by atoms with Crippen molar-refractivity contribution in [1.29, 1.82) is 0 Å². The van der Waals surface area contributed by atoms with Crippen LogP contribution in [0.1, 0.15) is 5.56 Å². The summed E-state index contributed by atoms with van der Waals surface area (Å²) in [4.78, 5) is 2.14. The van der Waals surface area contributed by atoms with Crippen LogP contribution in [-0.2, 0) is 6.54 Å². The zero-order valence-corrected chi connectivity index (χ0v) is 9.20. The predicted octanol–water partition coefficient (Wildman–Crippen LogP) is 0.749. The van der Waals surface area contributed by atoms with Crippen molar-refractivity contribution < 1.29 is 10.2 Å². The Morgan fingerprint density at radius 1 is 1.27 bits per heavy atom. The van der Waals surface area contributed by atoms with Gasteiger partial charge in [-0.2, -0.15) is 0 Å². The van der Waals surface area contributed by atoms with Gasteiger partial charge in [-0.25, -0.2) is 0 Å². The van der Waals surface area contributed by atoms with Gasteiger partial charge in [0.25, 0.3) is 0 Å². The number of hydrogen-bond donors (Lipinski definition) is 3. The molecule has 0 radical (unpaired) electrons. The van der Waals surface area contributed by atoms with Gasteiger partial charge in [-0.1, -0.05) is 6.07 Å². The molecule has 1 rings (SSSR count). The Kier molecular flexibility index (Phi) is 4.39. The van der Waals surface area contributed by atoms with Crippen molar-refractivity contribution in [3.63, 3.8) is 0 Å². The van der Waals surface area contributed by atoms with Gasteiger partial charge in [-0.3, -0.25) is 0 Å². The zero-order valence-electron chi connectivity index (χ0n) is 9.20. The van der Waals surface area contributed by atoms with Crippen LogP contribution >= 0.6 is 0 Å². The van der Waals surface area contributed by atoms with E-state index < -0.39 is 0 Å². The molecule has 0 aliphatic rings. The molecule has 1 aromatic carbocycles. The Morgan fingerprint density at radius 3 is 2.60 bits per heavy atom. The Bertz CT molecular complexity index is 315. The van der Waals surface area contributed by atoms with Crippen LogP contribution in [0, 0.1) is 0 Å². The quantitative estimate of drug-likeness (QED) is 0.628. The van der Waals surface area contributed by atoms with Crippen molar-refractivity contribution in [3.8, 4) is 11.5 Å². The van der Waals surface area contributed by atoms with E-state index in [9.17, 15) is 5.11 Å². The van der Waals surface area contributed by atoms with E-state index in [1.165, 1.54) is 6.07 Å².